The van der Waals surface area contributed by atoms with Gasteiger partial charge < -0.3 is 4.79 Å². The van der Waals surface area contributed by atoms with Crippen LogP contribution in [0.15, 0.2) is 24.3 Å². The van der Waals surface area contributed by atoms with Gasteiger partial charge in [0.25, 0.3) is 6.43 Å². The molecule has 0 radical (unpaired) electrons. The summed E-state index contributed by atoms with van der Waals surface area (Å²) >= 11 is 0. The lowest BCUT2D eigenvalue weighted by molar-refractivity contribution is -0.116. The van der Waals surface area contributed by atoms with Gasteiger partial charge in [-0.15, -0.1) is 0 Å². The van der Waals surface area contributed by atoms with Gasteiger partial charge in [-0.2, -0.15) is 0 Å². The molecule has 2 nitrogen and oxygen atoms in total. The van der Waals surface area contributed by atoms with Crippen LogP contribution in [0.1, 0.15) is 42.1 Å². The van der Waals surface area contributed by atoms with Gasteiger partial charge >= 0.3 is 0 Å². The lowest BCUT2D eigenvalue weighted by Gasteiger charge is -2.03. The Kier molecular flexibility index (Phi) is 4.28. The molecule has 0 fully saturated rings. The standard InChI is InChI=1S/C12H12F2O2/c1-8(15)5-6-11(16)9-3-2-4-10(7-9)12(13)14/h2-4,7,12H,5-6H2,1H3. The lowest BCUT2D eigenvalue weighted by atomic mass is 10.0. The minimum atomic E-state index is -2.58. The van der Waals surface area contributed by atoms with Crippen LogP contribution in [0.25, 0.3) is 0 Å². The molecule has 0 saturated heterocycles. The first-order valence-corrected chi connectivity index (χ1v) is 4.91. The maximum Gasteiger partial charge on any atom is 0.263 e. The molecule has 0 unspecified atom stereocenters. The highest BCUT2D eigenvalue weighted by Crippen LogP contribution is 2.20. The molecule has 1 aromatic rings. The molecule has 86 valence electrons. The van der Waals surface area contributed by atoms with E-state index in [9.17, 15) is 18.4 Å². The van der Waals surface area contributed by atoms with Crippen LogP contribution in [0.5, 0.6) is 0 Å². The van der Waals surface area contributed by atoms with Gasteiger partial charge in [0.1, 0.15) is 5.78 Å². The Labute approximate surface area is 92.3 Å². The van der Waals surface area contributed by atoms with E-state index in [2.05, 4.69) is 0 Å². The first-order valence-electron chi connectivity index (χ1n) is 4.91. The van der Waals surface area contributed by atoms with E-state index in [-0.39, 0.29) is 35.5 Å². The van der Waals surface area contributed by atoms with E-state index in [1.807, 2.05) is 0 Å². The first-order chi connectivity index (χ1) is 7.50. The Morgan fingerprint density at radius 1 is 1.25 bits per heavy atom. The molecule has 0 aromatic heterocycles. The number of ketones is 2. The number of carbonyl (C=O) groups is 2. The molecule has 0 aliphatic heterocycles. The molecule has 0 saturated carbocycles. The molecule has 1 aromatic carbocycles. The molecular weight excluding hydrogens is 214 g/mol. The third kappa shape index (κ3) is 3.53. The Hall–Kier alpha value is -1.58. The highest BCUT2D eigenvalue weighted by Gasteiger charge is 2.11. The van der Waals surface area contributed by atoms with Crippen molar-refractivity contribution in [2.75, 3.05) is 0 Å². The third-order valence-electron chi connectivity index (χ3n) is 2.16. The Morgan fingerprint density at radius 3 is 2.50 bits per heavy atom. The minimum absolute atomic E-state index is 0.0715. The van der Waals surface area contributed by atoms with Gasteiger partial charge in [-0.25, -0.2) is 8.78 Å². The second-order valence-corrected chi connectivity index (χ2v) is 3.55. The fourth-order valence-electron chi connectivity index (χ4n) is 1.28. The predicted molar refractivity (Wildman–Crippen MR) is 55.6 cm³/mol. The van der Waals surface area contributed by atoms with Gasteiger partial charge in [-0.05, 0) is 13.0 Å². The van der Waals surface area contributed by atoms with E-state index >= 15 is 0 Å². The van der Waals surface area contributed by atoms with Crippen molar-refractivity contribution in [1.29, 1.82) is 0 Å². The third-order valence-corrected chi connectivity index (χ3v) is 2.16. The Balaban J connectivity index is 2.75. The van der Waals surface area contributed by atoms with Gasteiger partial charge in [-0.1, -0.05) is 18.2 Å². The number of alkyl halides is 2. The number of halogens is 2. The van der Waals surface area contributed by atoms with Crippen LogP contribution in [0.3, 0.4) is 0 Å². The zero-order valence-electron chi connectivity index (χ0n) is 8.87. The molecule has 0 aliphatic carbocycles. The number of Topliss-reactive ketones (excluding diaryl/α,β-unsaturated/α-hetero) is 2. The van der Waals surface area contributed by atoms with Gasteiger partial charge in [0, 0.05) is 24.0 Å². The topological polar surface area (TPSA) is 34.1 Å². The largest absolute Gasteiger partial charge is 0.300 e. The maximum atomic E-state index is 12.4. The van der Waals surface area contributed by atoms with E-state index in [1.54, 1.807) is 0 Å². The summed E-state index contributed by atoms with van der Waals surface area (Å²) in [6.07, 6.45) is -2.36. The predicted octanol–water partition coefficient (Wildman–Crippen LogP) is 3.18. The quantitative estimate of drug-likeness (QED) is 0.722. The second kappa shape index (κ2) is 5.49. The van der Waals surface area contributed by atoms with Crippen molar-refractivity contribution in [1.82, 2.24) is 0 Å². The summed E-state index contributed by atoms with van der Waals surface area (Å²) < 4.78 is 24.7. The molecule has 0 aliphatic rings. The van der Waals surface area contributed by atoms with Gasteiger partial charge in [0.05, 0.1) is 0 Å². The van der Waals surface area contributed by atoms with Crippen molar-refractivity contribution in [3.63, 3.8) is 0 Å². The molecule has 4 heteroatoms. The van der Waals surface area contributed by atoms with Crippen molar-refractivity contribution in [3.05, 3.63) is 35.4 Å². The molecule has 16 heavy (non-hydrogen) atoms. The number of hydrogen-bond acceptors (Lipinski definition) is 2. The van der Waals surface area contributed by atoms with Crippen LogP contribution in [-0.4, -0.2) is 11.6 Å². The van der Waals surface area contributed by atoms with Gasteiger partial charge in [-0.3, -0.25) is 4.79 Å². The van der Waals surface area contributed by atoms with Crippen LogP contribution in [0.2, 0.25) is 0 Å². The Morgan fingerprint density at radius 2 is 1.94 bits per heavy atom. The summed E-state index contributed by atoms with van der Waals surface area (Å²) in [6.45, 7) is 1.39. The summed E-state index contributed by atoms with van der Waals surface area (Å²) in [7, 11) is 0. The fraction of sp³-hybridized carbons (Fsp3) is 0.333. The van der Waals surface area contributed by atoms with Gasteiger partial charge in [0.2, 0.25) is 0 Å². The molecule has 0 spiro atoms. The average molecular weight is 226 g/mol. The van der Waals surface area contributed by atoms with Gasteiger partial charge in [0.15, 0.2) is 5.78 Å². The summed E-state index contributed by atoms with van der Waals surface area (Å²) in [5.41, 5.74) is 0.0627. The minimum Gasteiger partial charge on any atom is -0.300 e. The molecule has 0 bridgehead atoms. The van der Waals surface area contributed by atoms with Crippen LogP contribution in [0, 0.1) is 0 Å². The zero-order chi connectivity index (χ0) is 12.1. The zero-order valence-corrected chi connectivity index (χ0v) is 8.87. The second-order valence-electron chi connectivity index (χ2n) is 3.55. The van der Waals surface area contributed by atoms with Crippen molar-refractivity contribution in [3.8, 4) is 0 Å². The monoisotopic (exact) mass is 226 g/mol. The van der Waals surface area contributed by atoms with Crippen LogP contribution in [0.4, 0.5) is 8.78 Å². The van der Waals surface area contributed by atoms with Crippen molar-refractivity contribution >= 4 is 11.6 Å². The first kappa shape index (κ1) is 12.5. The summed E-state index contributed by atoms with van der Waals surface area (Å²) in [4.78, 5) is 22.2. The number of hydrogen-bond donors (Lipinski definition) is 0. The number of benzene rings is 1. The molecular formula is C12H12F2O2. The smallest absolute Gasteiger partial charge is 0.263 e. The van der Waals surface area contributed by atoms with Crippen molar-refractivity contribution in [2.24, 2.45) is 0 Å². The lowest BCUT2D eigenvalue weighted by Crippen LogP contribution is -2.02. The highest BCUT2D eigenvalue weighted by atomic mass is 19.3. The Bertz CT molecular complexity index is 400. The summed E-state index contributed by atoms with van der Waals surface area (Å²) in [5.74, 6) is -0.365. The van der Waals surface area contributed by atoms with E-state index in [0.717, 1.165) is 0 Å². The van der Waals surface area contributed by atoms with Crippen LogP contribution in [-0.2, 0) is 4.79 Å². The molecule has 0 N–H and O–H groups in total. The summed E-state index contributed by atoms with van der Waals surface area (Å²) in [5, 5.41) is 0. The highest BCUT2D eigenvalue weighted by molar-refractivity contribution is 5.98. The number of carbonyl (C=O) groups excluding carboxylic acids is 2. The molecule has 1 rings (SSSR count). The van der Waals surface area contributed by atoms with E-state index in [4.69, 9.17) is 0 Å². The summed E-state index contributed by atoms with van der Waals surface area (Å²) in [6, 6.07) is 5.34. The maximum absolute atomic E-state index is 12.4. The molecule has 0 atom stereocenters. The fourth-order valence-corrected chi connectivity index (χ4v) is 1.28. The molecule has 0 heterocycles. The normalized spacial score (nSPS) is 10.5. The van der Waals surface area contributed by atoms with Crippen molar-refractivity contribution < 1.29 is 18.4 Å². The van der Waals surface area contributed by atoms with Crippen LogP contribution >= 0.6 is 0 Å². The molecule has 0 amide bonds. The van der Waals surface area contributed by atoms with Crippen molar-refractivity contribution in [2.45, 2.75) is 26.2 Å². The van der Waals surface area contributed by atoms with E-state index in [0.29, 0.717) is 0 Å². The SMILES string of the molecule is CC(=O)CCC(=O)c1cccc(C(F)F)c1. The van der Waals surface area contributed by atoms with E-state index < -0.39 is 6.43 Å². The number of rotatable bonds is 5. The van der Waals surface area contributed by atoms with Crippen LogP contribution < -0.4 is 0 Å². The average Bonchev–Trinajstić information content (AvgIpc) is 2.26. The van der Waals surface area contributed by atoms with E-state index in [1.165, 1.54) is 31.2 Å².